The summed E-state index contributed by atoms with van der Waals surface area (Å²) in [7, 11) is 0. The molecule has 1 aliphatic heterocycles. The molecule has 0 saturated carbocycles. The second kappa shape index (κ2) is 10.9. The number of rotatable bonds is 8. The molecule has 0 fully saturated rings. The third kappa shape index (κ3) is 5.48. The number of ether oxygens (including phenoxy) is 2. The van der Waals surface area contributed by atoms with Crippen LogP contribution in [-0.4, -0.2) is 36.2 Å². The molecule has 2 aromatic rings. The summed E-state index contributed by atoms with van der Waals surface area (Å²) in [6.07, 6.45) is 3.42. The van der Waals surface area contributed by atoms with Gasteiger partial charge in [0.15, 0.2) is 23.1 Å². The van der Waals surface area contributed by atoms with Gasteiger partial charge in [-0.1, -0.05) is 64.1 Å². The Morgan fingerprint density at radius 1 is 0.750 bits per heavy atom. The molecule has 0 radical (unpaired) electrons. The first-order valence-electron chi connectivity index (χ1n) is 14.8. The molecule has 40 heavy (non-hydrogen) atoms. The lowest BCUT2D eigenvalue weighted by Crippen LogP contribution is -2.45. The summed E-state index contributed by atoms with van der Waals surface area (Å²) in [5.41, 5.74) is 5.67. The molecule has 2 aliphatic carbocycles. The minimum Gasteiger partial charge on any atom is -0.490 e. The van der Waals surface area contributed by atoms with Gasteiger partial charge in [-0.3, -0.25) is 9.59 Å². The molecule has 5 nitrogen and oxygen atoms in total. The highest BCUT2D eigenvalue weighted by Crippen LogP contribution is 2.55. The fraction of sp³-hybridized carbons (Fsp3) is 0.486. The smallest absolute Gasteiger partial charge is 0.162 e. The van der Waals surface area contributed by atoms with Crippen molar-refractivity contribution in [3.63, 3.8) is 0 Å². The SMILES string of the molecule is CCOc1ccc(C2C3=C(CC(C)(C)CC3=O)N(CCc3ccccc3)C3=C2C(=O)CC(C)(C)C3)cc1OCC. The highest BCUT2D eigenvalue weighted by molar-refractivity contribution is 6.06. The van der Waals surface area contributed by atoms with E-state index in [-0.39, 0.29) is 28.3 Å². The zero-order valence-corrected chi connectivity index (χ0v) is 24.9. The Morgan fingerprint density at radius 2 is 1.30 bits per heavy atom. The molecule has 0 spiro atoms. The number of hydrogen-bond donors (Lipinski definition) is 0. The molecule has 0 aromatic heterocycles. The van der Waals surface area contributed by atoms with Gasteiger partial charge in [-0.25, -0.2) is 0 Å². The van der Waals surface area contributed by atoms with E-state index in [4.69, 9.17) is 9.47 Å². The quantitative estimate of drug-likeness (QED) is 0.348. The van der Waals surface area contributed by atoms with Crippen molar-refractivity contribution >= 4 is 11.6 Å². The van der Waals surface area contributed by atoms with Crippen molar-refractivity contribution in [3.8, 4) is 11.5 Å². The van der Waals surface area contributed by atoms with Gasteiger partial charge in [-0.05, 0) is 67.2 Å². The molecule has 5 rings (SSSR count). The Morgan fingerprint density at radius 3 is 1.85 bits per heavy atom. The first-order valence-corrected chi connectivity index (χ1v) is 14.8. The van der Waals surface area contributed by atoms with Gasteiger partial charge in [-0.2, -0.15) is 0 Å². The summed E-state index contributed by atoms with van der Waals surface area (Å²) < 4.78 is 11.8. The summed E-state index contributed by atoms with van der Waals surface area (Å²) in [5.74, 6) is 1.25. The monoisotopic (exact) mass is 541 g/mol. The largest absolute Gasteiger partial charge is 0.490 e. The third-order valence-electron chi connectivity index (χ3n) is 8.39. The molecular weight excluding hydrogens is 498 g/mol. The molecule has 2 aromatic carbocycles. The Kier molecular flexibility index (Phi) is 7.69. The fourth-order valence-corrected chi connectivity index (χ4v) is 6.78. The van der Waals surface area contributed by atoms with Gasteiger partial charge in [0.2, 0.25) is 0 Å². The second-order valence-electron chi connectivity index (χ2n) is 13.0. The topological polar surface area (TPSA) is 55.8 Å². The van der Waals surface area contributed by atoms with Crippen LogP contribution in [0.2, 0.25) is 0 Å². The van der Waals surface area contributed by atoms with Crippen LogP contribution in [0.1, 0.15) is 84.3 Å². The van der Waals surface area contributed by atoms with Crippen LogP contribution < -0.4 is 9.47 Å². The maximum absolute atomic E-state index is 14.1. The van der Waals surface area contributed by atoms with Gasteiger partial charge >= 0.3 is 0 Å². The Hall–Kier alpha value is -3.34. The van der Waals surface area contributed by atoms with E-state index in [1.807, 2.05) is 38.1 Å². The van der Waals surface area contributed by atoms with Gasteiger partial charge in [0, 0.05) is 47.8 Å². The lowest BCUT2D eigenvalue weighted by atomic mass is 9.63. The molecule has 0 unspecified atom stereocenters. The lowest BCUT2D eigenvalue weighted by Gasteiger charge is -2.49. The van der Waals surface area contributed by atoms with Crippen LogP contribution in [0.3, 0.4) is 0 Å². The molecule has 0 amide bonds. The van der Waals surface area contributed by atoms with Crippen molar-refractivity contribution in [2.24, 2.45) is 10.8 Å². The first kappa shape index (κ1) is 28.2. The maximum Gasteiger partial charge on any atom is 0.162 e. The Bertz CT molecular complexity index is 1310. The van der Waals surface area contributed by atoms with Crippen LogP contribution in [0, 0.1) is 10.8 Å². The van der Waals surface area contributed by atoms with Crippen LogP contribution in [0.25, 0.3) is 0 Å². The summed E-state index contributed by atoms with van der Waals surface area (Å²) in [6, 6.07) is 16.4. The Balaban J connectivity index is 1.70. The van der Waals surface area contributed by atoms with E-state index in [0.29, 0.717) is 37.6 Å². The van der Waals surface area contributed by atoms with Crippen LogP contribution in [0.5, 0.6) is 11.5 Å². The van der Waals surface area contributed by atoms with Crippen LogP contribution in [0.15, 0.2) is 71.1 Å². The standard InChI is InChI=1S/C35H43NO4/c1-7-39-29-15-14-24(18-30(29)40-8-2)31-32-25(19-34(3,4)21-27(32)37)36(17-16-23-12-10-9-11-13-23)26-20-35(5,6)22-28(38)33(26)31/h9-15,18,31H,7-8,16-17,19-22H2,1-6H3. The van der Waals surface area contributed by atoms with Gasteiger partial charge < -0.3 is 14.4 Å². The number of benzene rings is 2. The average Bonchev–Trinajstić information content (AvgIpc) is 2.87. The zero-order chi connectivity index (χ0) is 28.7. The minimum absolute atomic E-state index is 0.146. The molecule has 212 valence electrons. The summed E-state index contributed by atoms with van der Waals surface area (Å²) in [5, 5.41) is 0. The van der Waals surface area contributed by atoms with Gasteiger partial charge in [0.1, 0.15) is 0 Å². The molecular formula is C35H43NO4. The van der Waals surface area contributed by atoms with Crippen molar-refractivity contribution in [2.45, 2.75) is 79.6 Å². The van der Waals surface area contributed by atoms with Crippen molar-refractivity contribution in [2.75, 3.05) is 19.8 Å². The third-order valence-corrected chi connectivity index (χ3v) is 8.39. The molecule has 1 heterocycles. The van der Waals surface area contributed by atoms with Crippen LogP contribution >= 0.6 is 0 Å². The number of allylic oxidation sites excluding steroid dienone is 4. The van der Waals surface area contributed by atoms with E-state index in [1.54, 1.807) is 0 Å². The molecule has 0 N–H and O–H groups in total. The predicted molar refractivity (Wildman–Crippen MR) is 158 cm³/mol. The van der Waals surface area contributed by atoms with Crippen molar-refractivity contribution in [1.82, 2.24) is 4.90 Å². The van der Waals surface area contributed by atoms with E-state index >= 15 is 0 Å². The second-order valence-corrected chi connectivity index (χ2v) is 13.0. The molecule has 0 bridgehead atoms. The maximum atomic E-state index is 14.1. The van der Waals surface area contributed by atoms with Crippen molar-refractivity contribution in [3.05, 3.63) is 82.2 Å². The number of carbonyl (C=O) groups is 2. The number of carbonyl (C=O) groups excluding carboxylic acids is 2. The number of hydrogen-bond acceptors (Lipinski definition) is 5. The molecule has 0 atom stereocenters. The normalized spacial score (nSPS) is 20.4. The van der Waals surface area contributed by atoms with E-state index in [2.05, 4.69) is 56.9 Å². The van der Waals surface area contributed by atoms with Gasteiger partial charge in [-0.15, -0.1) is 0 Å². The molecule has 5 heteroatoms. The lowest BCUT2D eigenvalue weighted by molar-refractivity contribution is -0.119. The first-order chi connectivity index (χ1) is 19.0. The summed E-state index contributed by atoms with van der Waals surface area (Å²) in [6.45, 7) is 14.4. The fourth-order valence-electron chi connectivity index (χ4n) is 6.78. The molecule has 3 aliphatic rings. The van der Waals surface area contributed by atoms with Crippen LogP contribution in [-0.2, 0) is 16.0 Å². The summed E-state index contributed by atoms with van der Waals surface area (Å²) >= 11 is 0. The minimum atomic E-state index is -0.389. The summed E-state index contributed by atoms with van der Waals surface area (Å²) in [4.78, 5) is 30.5. The predicted octanol–water partition coefficient (Wildman–Crippen LogP) is 7.41. The number of Topliss-reactive ketones (excluding diaryl/α,β-unsaturated/α-hetero) is 2. The van der Waals surface area contributed by atoms with E-state index in [1.165, 1.54) is 5.56 Å². The highest BCUT2D eigenvalue weighted by atomic mass is 16.5. The van der Waals surface area contributed by atoms with E-state index < -0.39 is 0 Å². The van der Waals surface area contributed by atoms with Crippen molar-refractivity contribution < 1.29 is 19.1 Å². The van der Waals surface area contributed by atoms with Gasteiger partial charge in [0.05, 0.1) is 13.2 Å². The molecule has 0 saturated heterocycles. The highest BCUT2D eigenvalue weighted by Gasteiger charge is 2.49. The van der Waals surface area contributed by atoms with E-state index in [0.717, 1.165) is 53.9 Å². The van der Waals surface area contributed by atoms with Crippen molar-refractivity contribution in [1.29, 1.82) is 0 Å². The van der Waals surface area contributed by atoms with Crippen LogP contribution in [0.4, 0.5) is 0 Å². The Labute approximate surface area is 239 Å². The zero-order valence-electron chi connectivity index (χ0n) is 24.9. The van der Waals surface area contributed by atoms with Gasteiger partial charge in [0.25, 0.3) is 0 Å². The number of nitrogens with zero attached hydrogens (tertiary/aromatic N) is 1. The number of ketones is 2. The average molecular weight is 542 g/mol. The van der Waals surface area contributed by atoms with E-state index in [9.17, 15) is 9.59 Å².